The molecule has 2 aromatic rings. The average molecular weight is 475 g/mol. The van der Waals surface area contributed by atoms with Crippen LogP contribution in [0.5, 0.6) is 0 Å². The molecule has 2 aliphatic rings. The van der Waals surface area contributed by atoms with Gasteiger partial charge in [-0.3, -0.25) is 0 Å². The number of benzene rings is 2. The summed E-state index contributed by atoms with van der Waals surface area (Å²) in [5.41, 5.74) is 14.9. The number of hydrogen-bond acceptors (Lipinski definition) is 0. The normalized spacial score (nSPS) is 24.0. The Balaban J connectivity index is 0.00000160. The van der Waals surface area contributed by atoms with Crippen LogP contribution in [0.1, 0.15) is 74.9 Å². The van der Waals surface area contributed by atoms with Crippen LogP contribution in [0.15, 0.2) is 47.5 Å². The van der Waals surface area contributed by atoms with Gasteiger partial charge in [-0.05, 0) is 0 Å². The summed E-state index contributed by atoms with van der Waals surface area (Å²) in [5, 5.41) is 0. The van der Waals surface area contributed by atoms with E-state index in [4.69, 9.17) is 4.82 Å². The zero-order valence-electron chi connectivity index (χ0n) is 19.4. The molecule has 4 rings (SSSR count). The van der Waals surface area contributed by atoms with Gasteiger partial charge in [0.15, 0.2) is 0 Å². The summed E-state index contributed by atoms with van der Waals surface area (Å²) in [6, 6.07) is 13.8. The molecule has 0 fully saturated rings. The van der Waals surface area contributed by atoms with Gasteiger partial charge in [0, 0.05) is 0 Å². The molecule has 0 nitrogen and oxygen atoms in total. The first-order valence-corrected chi connectivity index (χ1v) is 13.0. The Bertz CT molecular complexity index is 1030. The van der Waals surface area contributed by atoms with Gasteiger partial charge in [-0.2, -0.15) is 0 Å². The predicted octanol–water partition coefficient (Wildman–Crippen LogP) is 1.11. The van der Waals surface area contributed by atoms with E-state index in [9.17, 15) is 0 Å². The maximum Gasteiger partial charge on any atom is -1.00 e. The Hall–Kier alpha value is -0.916. The summed E-state index contributed by atoms with van der Waals surface area (Å²) < 4.78 is 0.181. The predicted molar refractivity (Wildman–Crippen MR) is 121 cm³/mol. The fourth-order valence-electron chi connectivity index (χ4n) is 5.97. The summed E-state index contributed by atoms with van der Waals surface area (Å²) in [7, 11) is 0. The van der Waals surface area contributed by atoms with Crippen molar-refractivity contribution < 1.29 is 42.2 Å². The fraction of sp³-hybridized carbons (Fsp3) is 0.370. The molecule has 0 aliphatic heterocycles. The number of fused-ring (bicyclic) bond motifs is 2. The van der Waals surface area contributed by atoms with Crippen LogP contribution < -0.4 is 24.8 Å². The molecule has 3 heteroatoms. The van der Waals surface area contributed by atoms with Gasteiger partial charge in [0.05, 0.1) is 0 Å². The zero-order chi connectivity index (χ0) is 20.6. The Kier molecular flexibility index (Phi) is 6.94. The molecular formula is C27H32Cl2Ti. The van der Waals surface area contributed by atoms with Crippen molar-refractivity contribution in [1.29, 1.82) is 0 Å². The third-order valence-corrected chi connectivity index (χ3v) is 14.0. The van der Waals surface area contributed by atoms with Crippen molar-refractivity contribution in [3.05, 3.63) is 80.9 Å². The van der Waals surface area contributed by atoms with Crippen molar-refractivity contribution in [3.8, 4) is 0 Å². The molecule has 2 unspecified atom stereocenters. The molecule has 0 radical (unpaired) electrons. The molecule has 0 amide bonds. The molecule has 2 atom stereocenters. The van der Waals surface area contributed by atoms with Crippen molar-refractivity contribution in [2.45, 2.75) is 62.8 Å². The van der Waals surface area contributed by atoms with Crippen LogP contribution in [0, 0.1) is 13.8 Å². The van der Waals surface area contributed by atoms with Gasteiger partial charge < -0.3 is 24.8 Å². The molecule has 158 valence electrons. The van der Waals surface area contributed by atoms with Gasteiger partial charge in [-0.1, -0.05) is 0 Å². The van der Waals surface area contributed by atoms with E-state index in [1.165, 1.54) is 44.5 Å². The molecule has 0 saturated carbocycles. The van der Waals surface area contributed by atoms with E-state index in [0.717, 1.165) is 0 Å². The third kappa shape index (κ3) is 2.95. The van der Waals surface area contributed by atoms with Crippen molar-refractivity contribution in [2.24, 2.45) is 0 Å². The second kappa shape index (κ2) is 8.21. The van der Waals surface area contributed by atoms with Gasteiger partial charge in [0.1, 0.15) is 0 Å². The number of allylic oxidation sites excluding steroid dienone is 4. The van der Waals surface area contributed by atoms with Crippen LogP contribution in [-0.2, 0) is 24.8 Å². The summed E-state index contributed by atoms with van der Waals surface area (Å²) in [6.07, 6.45) is 0. The smallest absolute Gasteiger partial charge is 1.00 e. The first-order chi connectivity index (χ1) is 13.1. The Morgan fingerprint density at radius 1 is 0.633 bits per heavy atom. The summed E-state index contributed by atoms with van der Waals surface area (Å²) in [4.78, 5) is 5.07. The van der Waals surface area contributed by atoms with Crippen LogP contribution in [0.3, 0.4) is 0 Å². The Labute approximate surface area is 201 Å². The summed E-state index contributed by atoms with van der Waals surface area (Å²) in [6.45, 7) is 18.9. The number of rotatable bonds is 2. The molecule has 0 N–H and O–H groups in total. The first kappa shape index (κ1) is 25.3. The Morgan fingerprint density at radius 2 is 0.967 bits per heavy atom. The maximum atomic E-state index is 5.07. The SMILES string of the molecule is [CH2]=[Ti+2]([C]1(C)C(C)=C(C)c2c(C)cccc21)[C]1(C)C(C)=C(C)c2c(C)cccc21.[Cl-].[Cl-]. The fourth-order valence-corrected chi connectivity index (χ4v) is 11.2. The maximum absolute atomic E-state index is 5.07. The van der Waals surface area contributed by atoms with E-state index >= 15 is 0 Å². The zero-order valence-corrected chi connectivity index (χ0v) is 22.5. The molecular weight excluding hydrogens is 443 g/mol. The van der Waals surface area contributed by atoms with E-state index in [1.807, 2.05) is 0 Å². The molecule has 0 bridgehead atoms. The van der Waals surface area contributed by atoms with Crippen molar-refractivity contribution >= 4 is 16.0 Å². The van der Waals surface area contributed by atoms with Crippen LogP contribution in [0.25, 0.3) is 11.1 Å². The van der Waals surface area contributed by atoms with Gasteiger partial charge in [-0.25, -0.2) is 0 Å². The largest absolute Gasteiger partial charge is 1.00 e. The second-order valence-electron chi connectivity index (χ2n) is 9.22. The minimum atomic E-state index is -1.97. The van der Waals surface area contributed by atoms with Crippen molar-refractivity contribution in [2.75, 3.05) is 0 Å². The van der Waals surface area contributed by atoms with Crippen LogP contribution >= 0.6 is 0 Å². The molecule has 2 aromatic carbocycles. The molecule has 0 heterocycles. The molecule has 0 aromatic heterocycles. The molecule has 0 spiro atoms. The van der Waals surface area contributed by atoms with E-state index in [-0.39, 0.29) is 32.3 Å². The van der Waals surface area contributed by atoms with Crippen LogP contribution in [0.2, 0.25) is 0 Å². The van der Waals surface area contributed by atoms with E-state index < -0.39 is 17.4 Å². The molecule has 0 saturated heterocycles. The quantitative estimate of drug-likeness (QED) is 0.572. The number of aryl methyl sites for hydroxylation is 2. The van der Waals surface area contributed by atoms with Gasteiger partial charge in [0.25, 0.3) is 0 Å². The van der Waals surface area contributed by atoms with Crippen molar-refractivity contribution in [3.63, 3.8) is 0 Å². The Morgan fingerprint density at radius 3 is 1.30 bits per heavy atom. The third-order valence-electron chi connectivity index (χ3n) is 8.21. The minimum absolute atomic E-state index is 0. The van der Waals surface area contributed by atoms with E-state index in [1.54, 1.807) is 11.1 Å². The van der Waals surface area contributed by atoms with Gasteiger partial charge in [0.2, 0.25) is 0 Å². The van der Waals surface area contributed by atoms with Gasteiger partial charge in [-0.15, -0.1) is 0 Å². The number of hydrogen-bond donors (Lipinski definition) is 0. The van der Waals surface area contributed by atoms with Crippen LogP contribution in [-0.4, -0.2) is 4.82 Å². The summed E-state index contributed by atoms with van der Waals surface area (Å²) in [5.74, 6) is 0. The van der Waals surface area contributed by atoms with E-state index in [0.29, 0.717) is 0 Å². The average Bonchev–Trinajstić information content (AvgIpc) is 3.00. The monoisotopic (exact) mass is 474 g/mol. The van der Waals surface area contributed by atoms with Crippen LogP contribution in [0.4, 0.5) is 0 Å². The standard InChI is InChI=1S/2C13H15.CH2.2ClH.Ti/c2*1-8-6-5-7-12-10(3)9(2)11(4)13(8)12;;;;/h2*5-7H,1-4H3;1H2;2*1H;/q;;;;;+2/p-2. The molecule has 30 heavy (non-hydrogen) atoms. The molecule has 2 aliphatic carbocycles. The number of halogens is 2. The van der Waals surface area contributed by atoms with Gasteiger partial charge >= 0.3 is 177 Å². The van der Waals surface area contributed by atoms with E-state index in [2.05, 4.69) is 91.8 Å². The minimum Gasteiger partial charge on any atom is -1.00 e. The second-order valence-corrected chi connectivity index (χ2v) is 13.8. The summed E-state index contributed by atoms with van der Waals surface area (Å²) >= 11 is -1.97. The first-order valence-electron chi connectivity index (χ1n) is 10.3. The topological polar surface area (TPSA) is 0 Å². The van der Waals surface area contributed by atoms with Crippen molar-refractivity contribution in [1.82, 2.24) is 0 Å².